The number of hydrogen-bond acceptors (Lipinski definition) is 2. The summed E-state index contributed by atoms with van der Waals surface area (Å²) in [6.07, 6.45) is 2.13. The Hall–Kier alpha value is -1.25. The van der Waals surface area contributed by atoms with Gasteiger partial charge in [-0.05, 0) is 26.8 Å². The Kier molecular flexibility index (Phi) is 5.68. The molecule has 0 N–H and O–H groups in total. The predicted octanol–water partition coefficient (Wildman–Crippen LogP) is 2.61. The fourth-order valence-electron chi connectivity index (χ4n) is 0.771. The summed E-state index contributed by atoms with van der Waals surface area (Å²) < 4.78 is 4.86. The quantitative estimate of drug-likeness (QED) is 0.301. The molecule has 0 aliphatic heterocycles. The molecule has 0 saturated carbocycles. The highest BCUT2D eigenvalue weighted by Gasteiger charge is 2.10. The Morgan fingerprint density at radius 2 is 1.86 bits per heavy atom. The molecule has 1 radical (unpaired) electrons. The third kappa shape index (κ3) is 4.70. The molecule has 0 aliphatic rings. The van der Waals surface area contributed by atoms with E-state index in [4.69, 9.17) is 4.74 Å². The number of allylic oxidation sites excluding steroid dienone is 2. The van der Waals surface area contributed by atoms with Crippen molar-refractivity contribution in [3.8, 4) is 0 Å². The van der Waals surface area contributed by atoms with Gasteiger partial charge in [0.1, 0.15) is 6.61 Å². The van der Waals surface area contributed by atoms with E-state index in [9.17, 15) is 9.90 Å². The molecule has 0 atom stereocenters. The predicted molar refractivity (Wildman–Crippen MR) is 54.1 cm³/mol. The molecule has 0 aromatic rings. The average Bonchev–Trinajstić information content (AvgIpc) is 2.14. The van der Waals surface area contributed by atoms with Crippen LogP contribution >= 0.6 is 0 Å². The van der Waals surface area contributed by atoms with Gasteiger partial charge in [0.25, 0.3) is 0 Å². The highest BCUT2D eigenvalue weighted by Crippen LogP contribution is 2.07. The van der Waals surface area contributed by atoms with E-state index >= 15 is 0 Å². The van der Waals surface area contributed by atoms with Crippen LogP contribution in [0.4, 0.5) is 0 Å². The summed E-state index contributed by atoms with van der Waals surface area (Å²) in [6, 6.07) is 0. The summed E-state index contributed by atoms with van der Waals surface area (Å²) in [6.45, 7) is 7.28. The first kappa shape index (κ1) is 12.8. The molecule has 14 heavy (non-hydrogen) atoms. The number of ether oxygens (including phenoxy) is 1. The maximum Gasteiger partial charge on any atom is 0.337 e. The lowest BCUT2D eigenvalue weighted by Crippen LogP contribution is -2.07. The molecule has 3 nitrogen and oxygen atoms in total. The molecular formula is C11H17O3. The lowest BCUT2D eigenvalue weighted by atomic mass is 10.2. The molecule has 0 fully saturated rings. The van der Waals surface area contributed by atoms with E-state index in [2.05, 4.69) is 0 Å². The van der Waals surface area contributed by atoms with Crippen LogP contribution in [0.5, 0.6) is 0 Å². The van der Waals surface area contributed by atoms with E-state index in [0.29, 0.717) is 6.42 Å². The summed E-state index contributed by atoms with van der Waals surface area (Å²) in [5.74, 6) is -0.679. The number of carbonyl (C=O) groups excluding carboxylic acids is 1. The Labute approximate surface area is 85.1 Å². The third-order valence-electron chi connectivity index (χ3n) is 1.75. The zero-order valence-corrected chi connectivity index (χ0v) is 9.22. The second kappa shape index (κ2) is 6.24. The van der Waals surface area contributed by atoms with E-state index in [1.54, 1.807) is 13.0 Å². The standard InChI is InChI=1S/C11H17O3/c1-5-10(12)9(4)11(13)14-7-6-8(2)3/h6H,5,7H2,1-4H3. The van der Waals surface area contributed by atoms with Crippen LogP contribution in [-0.4, -0.2) is 12.6 Å². The van der Waals surface area contributed by atoms with Crippen molar-refractivity contribution in [3.63, 3.8) is 0 Å². The largest absolute Gasteiger partial charge is 0.458 e. The van der Waals surface area contributed by atoms with E-state index < -0.39 is 5.97 Å². The number of rotatable bonds is 4. The molecule has 0 unspecified atom stereocenters. The van der Waals surface area contributed by atoms with Gasteiger partial charge >= 0.3 is 5.97 Å². The van der Waals surface area contributed by atoms with Gasteiger partial charge in [0.15, 0.2) is 5.76 Å². The lowest BCUT2D eigenvalue weighted by Gasteiger charge is -2.02. The Morgan fingerprint density at radius 3 is 2.29 bits per heavy atom. The van der Waals surface area contributed by atoms with E-state index in [0.717, 1.165) is 5.57 Å². The van der Waals surface area contributed by atoms with Crippen molar-refractivity contribution in [2.45, 2.75) is 34.1 Å². The van der Waals surface area contributed by atoms with Crippen LogP contribution in [0.25, 0.3) is 0 Å². The molecule has 0 spiro atoms. The number of esters is 1. The first-order chi connectivity index (χ1) is 6.49. The molecular weight excluding hydrogens is 180 g/mol. The van der Waals surface area contributed by atoms with Crippen molar-refractivity contribution >= 4 is 5.97 Å². The van der Waals surface area contributed by atoms with Gasteiger partial charge in [-0.15, -0.1) is 0 Å². The normalized spacial score (nSPS) is 11.7. The summed E-state index contributed by atoms with van der Waals surface area (Å²) in [5, 5.41) is 11.1. The van der Waals surface area contributed by atoms with Crippen molar-refractivity contribution < 1.29 is 14.6 Å². The van der Waals surface area contributed by atoms with Crippen molar-refractivity contribution in [2.75, 3.05) is 6.61 Å². The zero-order valence-electron chi connectivity index (χ0n) is 9.22. The van der Waals surface area contributed by atoms with E-state index in [1.165, 1.54) is 6.92 Å². The molecule has 79 valence electrons. The molecule has 0 rings (SSSR count). The Morgan fingerprint density at radius 1 is 1.29 bits per heavy atom. The fraction of sp³-hybridized carbons (Fsp3) is 0.545. The van der Waals surface area contributed by atoms with Gasteiger partial charge in [0.05, 0.1) is 5.57 Å². The summed E-state index contributed by atoms with van der Waals surface area (Å²) in [4.78, 5) is 11.2. The van der Waals surface area contributed by atoms with Crippen LogP contribution in [-0.2, 0) is 14.6 Å². The van der Waals surface area contributed by atoms with Gasteiger partial charge in [0, 0.05) is 6.42 Å². The highest BCUT2D eigenvalue weighted by molar-refractivity contribution is 5.88. The second-order valence-corrected chi connectivity index (χ2v) is 3.28. The fourth-order valence-corrected chi connectivity index (χ4v) is 0.771. The van der Waals surface area contributed by atoms with Crippen LogP contribution in [0, 0.1) is 0 Å². The van der Waals surface area contributed by atoms with Gasteiger partial charge in [-0.3, -0.25) is 5.11 Å². The molecule has 0 heterocycles. The Balaban J connectivity index is 4.17. The smallest absolute Gasteiger partial charge is 0.337 e. The first-order valence-corrected chi connectivity index (χ1v) is 4.66. The van der Waals surface area contributed by atoms with Gasteiger partial charge < -0.3 is 4.74 Å². The number of hydrogen-bond donors (Lipinski definition) is 0. The minimum Gasteiger partial charge on any atom is -0.458 e. The maximum atomic E-state index is 11.2. The molecule has 3 heteroatoms. The average molecular weight is 197 g/mol. The third-order valence-corrected chi connectivity index (χ3v) is 1.75. The summed E-state index contributed by atoms with van der Waals surface area (Å²) in [5.41, 5.74) is 1.26. The topological polar surface area (TPSA) is 46.2 Å². The molecule has 0 saturated heterocycles. The molecule has 0 bridgehead atoms. The van der Waals surface area contributed by atoms with Crippen molar-refractivity contribution in [3.05, 3.63) is 23.0 Å². The lowest BCUT2D eigenvalue weighted by molar-refractivity contribution is -0.138. The Bertz CT molecular complexity index is 258. The zero-order chi connectivity index (χ0) is 11.1. The molecule has 0 aromatic heterocycles. The molecule has 0 aromatic carbocycles. The van der Waals surface area contributed by atoms with Gasteiger partial charge in [-0.1, -0.05) is 12.5 Å². The maximum absolute atomic E-state index is 11.2. The second-order valence-electron chi connectivity index (χ2n) is 3.28. The van der Waals surface area contributed by atoms with Crippen molar-refractivity contribution in [1.29, 1.82) is 0 Å². The van der Waals surface area contributed by atoms with Crippen LogP contribution in [0.1, 0.15) is 34.1 Å². The summed E-state index contributed by atoms with van der Waals surface area (Å²) in [7, 11) is 0. The van der Waals surface area contributed by atoms with Gasteiger partial charge in [-0.2, -0.15) is 0 Å². The van der Waals surface area contributed by atoms with Gasteiger partial charge in [0.2, 0.25) is 0 Å². The molecule has 0 aliphatic carbocycles. The minimum absolute atomic E-state index is 0.160. The number of carbonyl (C=O) groups is 1. The van der Waals surface area contributed by atoms with Crippen molar-refractivity contribution in [1.82, 2.24) is 0 Å². The minimum atomic E-state index is -0.519. The SMILES string of the molecule is CCC([O])=C(C)C(=O)OCC=C(C)C. The van der Waals surface area contributed by atoms with E-state index in [1.807, 2.05) is 13.8 Å². The first-order valence-electron chi connectivity index (χ1n) is 4.66. The van der Waals surface area contributed by atoms with Crippen LogP contribution in [0.3, 0.4) is 0 Å². The highest BCUT2D eigenvalue weighted by atomic mass is 16.5. The monoisotopic (exact) mass is 197 g/mol. The van der Waals surface area contributed by atoms with Crippen LogP contribution in [0.15, 0.2) is 23.0 Å². The van der Waals surface area contributed by atoms with Crippen molar-refractivity contribution in [2.24, 2.45) is 0 Å². The summed E-state index contributed by atoms with van der Waals surface area (Å²) >= 11 is 0. The van der Waals surface area contributed by atoms with Crippen LogP contribution < -0.4 is 0 Å². The van der Waals surface area contributed by atoms with E-state index in [-0.39, 0.29) is 17.9 Å². The van der Waals surface area contributed by atoms with Gasteiger partial charge in [-0.25, -0.2) is 4.79 Å². The van der Waals surface area contributed by atoms with Crippen LogP contribution in [0.2, 0.25) is 0 Å². The molecule has 0 amide bonds.